The van der Waals surface area contributed by atoms with Crippen LogP contribution in [0.5, 0.6) is 0 Å². The molecular weight excluding hydrogens is 336 g/mol. The molecular formula is C18H40O4Si2. The number of hydrogen-bond donors (Lipinski definition) is 0. The van der Waals surface area contributed by atoms with Gasteiger partial charge in [-0.05, 0) is 24.8 Å². The smallest absolute Gasteiger partial charge is 0.327 e. The second-order valence-corrected chi connectivity index (χ2v) is 12.9. The van der Waals surface area contributed by atoms with Crippen LogP contribution in [0, 0.1) is 5.92 Å². The second kappa shape index (κ2) is 12.6. The summed E-state index contributed by atoms with van der Waals surface area (Å²) in [6.45, 7) is 2.33. The van der Waals surface area contributed by atoms with Crippen molar-refractivity contribution in [1.29, 1.82) is 0 Å². The Labute approximate surface area is 153 Å². The summed E-state index contributed by atoms with van der Waals surface area (Å²) in [5.74, 6) is 0.898. The van der Waals surface area contributed by atoms with Crippen molar-refractivity contribution in [2.45, 2.75) is 82.2 Å². The molecule has 0 aliphatic heterocycles. The van der Waals surface area contributed by atoms with E-state index in [1.807, 2.05) is 0 Å². The molecule has 2 fully saturated rings. The van der Waals surface area contributed by atoms with Crippen LogP contribution in [0.15, 0.2) is 0 Å². The van der Waals surface area contributed by atoms with Gasteiger partial charge in [0, 0.05) is 33.5 Å². The lowest BCUT2D eigenvalue weighted by Crippen LogP contribution is -2.36. The van der Waals surface area contributed by atoms with Crippen molar-refractivity contribution in [2.75, 3.05) is 28.4 Å². The minimum absolute atomic E-state index is 0.391. The van der Waals surface area contributed by atoms with E-state index in [2.05, 4.69) is 6.92 Å². The topological polar surface area (TPSA) is 36.9 Å². The average molecular weight is 377 g/mol. The van der Waals surface area contributed by atoms with Gasteiger partial charge in [-0.3, -0.25) is 0 Å². The fraction of sp³-hybridized carbons (Fsp3) is 1.00. The third kappa shape index (κ3) is 7.66. The highest BCUT2D eigenvalue weighted by Crippen LogP contribution is 2.45. The molecule has 0 saturated heterocycles. The van der Waals surface area contributed by atoms with Crippen molar-refractivity contribution in [1.82, 2.24) is 0 Å². The van der Waals surface area contributed by atoms with Crippen molar-refractivity contribution in [2.24, 2.45) is 5.92 Å². The van der Waals surface area contributed by atoms with Gasteiger partial charge in [-0.15, -0.1) is 0 Å². The van der Waals surface area contributed by atoms with Crippen molar-refractivity contribution in [3.8, 4) is 0 Å². The molecule has 4 nitrogen and oxygen atoms in total. The molecule has 0 aromatic carbocycles. The predicted octanol–water partition coefficient (Wildman–Crippen LogP) is 4.30. The maximum atomic E-state index is 5.46. The summed E-state index contributed by atoms with van der Waals surface area (Å²) in [4.78, 5) is 0. The highest BCUT2D eigenvalue weighted by atomic mass is 28.3. The standard InChI is InChI=1S/2C9H20O2Si/c1-9(12(10-2)11-3)7-5-4-6-8-9;1-10-12(11-2)8-9-6-4-3-5-7-9/h12H,4-8H2,1-3H3;9,12H,3-8H2,1-2H3. The fourth-order valence-corrected chi connectivity index (χ4v) is 8.05. The van der Waals surface area contributed by atoms with Gasteiger partial charge >= 0.3 is 18.6 Å². The lowest BCUT2D eigenvalue weighted by Gasteiger charge is -2.36. The van der Waals surface area contributed by atoms with Crippen molar-refractivity contribution >= 4 is 18.6 Å². The molecule has 144 valence electrons. The van der Waals surface area contributed by atoms with Crippen molar-refractivity contribution in [3.63, 3.8) is 0 Å². The third-order valence-electron chi connectivity index (χ3n) is 5.77. The van der Waals surface area contributed by atoms with Gasteiger partial charge in [0.25, 0.3) is 0 Å². The minimum Gasteiger partial charge on any atom is -0.400 e. The largest absolute Gasteiger partial charge is 0.400 e. The lowest BCUT2D eigenvalue weighted by molar-refractivity contribution is 0.219. The normalized spacial score (nSPS) is 21.6. The van der Waals surface area contributed by atoms with E-state index >= 15 is 0 Å². The molecule has 6 heteroatoms. The van der Waals surface area contributed by atoms with Gasteiger partial charge in [0.05, 0.1) is 0 Å². The molecule has 2 aliphatic carbocycles. The van der Waals surface area contributed by atoms with Crippen LogP contribution >= 0.6 is 0 Å². The Morgan fingerprint density at radius 3 is 1.71 bits per heavy atom. The Hall–Kier alpha value is 0.274. The summed E-state index contributed by atoms with van der Waals surface area (Å²) in [7, 11) is 4.49. The molecule has 0 N–H and O–H groups in total. The van der Waals surface area contributed by atoms with Crippen molar-refractivity contribution < 1.29 is 17.7 Å². The van der Waals surface area contributed by atoms with Crippen LogP contribution in [0.3, 0.4) is 0 Å². The molecule has 0 heterocycles. The predicted molar refractivity (Wildman–Crippen MR) is 105 cm³/mol. The molecule has 0 bridgehead atoms. The van der Waals surface area contributed by atoms with Crippen LogP contribution in [0.1, 0.15) is 71.1 Å². The van der Waals surface area contributed by atoms with Crippen LogP contribution in [-0.2, 0) is 17.7 Å². The van der Waals surface area contributed by atoms with Crippen LogP contribution in [0.4, 0.5) is 0 Å². The summed E-state index contributed by atoms with van der Waals surface area (Å²) < 4.78 is 21.6. The Kier molecular flexibility index (Phi) is 11.7. The molecule has 2 rings (SSSR count). The zero-order valence-corrected chi connectivity index (χ0v) is 19.0. The molecule has 0 atom stereocenters. The zero-order chi connectivity index (χ0) is 17.8. The monoisotopic (exact) mass is 376 g/mol. The van der Waals surface area contributed by atoms with Crippen LogP contribution in [0.2, 0.25) is 11.1 Å². The molecule has 0 radical (unpaired) electrons. The summed E-state index contributed by atoms with van der Waals surface area (Å²) in [6, 6.07) is 1.22. The van der Waals surface area contributed by atoms with Crippen LogP contribution in [0.25, 0.3) is 0 Å². The van der Waals surface area contributed by atoms with E-state index in [1.165, 1.54) is 70.3 Å². The Bertz CT molecular complexity index is 297. The SMILES string of the molecule is CO[SiH](CC1CCCCC1)OC.CO[SiH](OC)C1(C)CCCCC1. The van der Waals surface area contributed by atoms with Gasteiger partial charge in [-0.2, -0.15) is 0 Å². The molecule has 0 aromatic heterocycles. The number of hydrogen-bond acceptors (Lipinski definition) is 4. The molecule has 0 unspecified atom stereocenters. The summed E-state index contributed by atoms with van der Waals surface area (Å²) in [5.41, 5.74) is 0. The van der Waals surface area contributed by atoms with Crippen LogP contribution < -0.4 is 0 Å². The maximum Gasteiger partial charge on any atom is 0.327 e. The first-order valence-electron chi connectivity index (χ1n) is 9.70. The molecule has 24 heavy (non-hydrogen) atoms. The van der Waals surface area contributed by atoms with E-state index in [0.29, 0.717) is 5.04 Å². The minimum atomic E-state index is -1.39. The zero-order valence-electron chi connectivity index (χ0n) is 16.6. The van der Waals surface area contributed by atoms with Gasteiger partial charge < -0.3 is 17.7 Å². The van der Waals surface area contributed by atoms with E-state index in [1.54, 1.807) is 28.4 Å². The Morgan fingerprint density at radius 2 is 1.25 bits per heavy atom. The van der Waals surface area contributed by atoms with Gasteiger partial charge in [-0.25, -0.2) is 0 Å². The first-order chi connectivity index (χ1) is 11.6. The molecule has 0 aromatic rings. The van der Waals surface area contributed by atoms with Gasteiger partial charge in [0.1, 0.15) is 0 Å². The van der Waals surface area contributed by atoms with Crippen LogP contribution in [-0.4, -0.2) is 47.0 Å². The maximum absolute atomic E-state index is 5.46. The van der Waals surface area contributed by atoms with Crippen molar-refractivity contribution in [3.05, 3.63) is 0 Å². The van der Waals surface area contributed by atoms with Gasteiger partial charge in [0.15, 0.2) is 0 Å². The summed E-state index contributed by atoms with van der Waals surface area (Å²) in [6.07, 6.45) is 13.8. The Balaban J connectivity index is 0.000000240. The van der Waals surface area contributed by atoms with E-state index < -0.39 is 18.6 Å². The van der Waals surface area contributed by atoms with E-state index in [9.17, 15) is 0 Å². The highest BCUT2D eigenvalue weighted by Gasteiger charge is 2.38. The fourth-order valence-electron chi connectivity index (χ4n) is 4.24. The first-order valence-corrected chi connectivity index (χ1v) is 13.0. The first kappa shape index (κ1) is 22.3. The van der Waals surface area contributed by atoms with Gasteiger partial charge in [0.2, 0.25) is 0 Å². The lowest BCUT2D eigenvalue weighted by atomic mass is 9.90. The quantitative estimate of drug-likeness (QED) is 0.621. The van der Waals surface area contributed by atoms with Gasteiger partial charge in [-0.1, -0.05) is 58.3 Å². The average Bonchev–Trinajstić information content (AvgIpc) is 2.62. The molecule has 0 amide bonds. The third-order valence-corrected chi connectivity index (χ3v) is 10.4. The second-order valence-electron chi connectivity index (χ2n) is 7.66. The number of rotatable bonds is 7. The summed E-state index contributed by atoms with van der Waals surface area (Å²) in [5, 5.41) is 0.391. The summed E-state index contributed by atoms with van der Waals surface area (Å²) >= 11 is 0. The Morgan fingerprint density at radius 1 is 0.750 bits per heavy atom. The van der Waals surface area contributed by atoms with E-state index in [4.69, 9.17) is 17.7 Å². The molecule has 2 aliphatic rings. The molecule has 2 saturated carbocycles. The molecule has 0 spiro atoms. The van der Waals surface area contributed by atoms with E-state index in [-0.39, 0.29) is 0 Å². The highest BCUT2D eigenvalue weighted by molar-refractivity contribution is 6.48. The van der Waals surface area contributed by atoms with E-state index in [0.717, 1.165) is 5.92 Å².